The monoisotopic (exact) mass is 131 g/mol. The Hall–Kier alpha value is 0.310. The third-order valence-electron chi connectivity index (χ3n) is 1.46. The molecule has 0 unspecified atom stereocenters. The molecule has 0 saturated carbocycles. The Balaban J connectivity index is 2.13. The molecule has 1 aliphatic rings. The van der Waals surface area contributed by atoms with Crippen molar-refractivity contribution in [1.82, 2.24) is 5.32 Å². The van der Waals surface area contributed by atoms with Crippen molar-refractivity contribution in [3.8, 4) is 0 Å². The van der Waals surface area contributed by atoms with E-state index in [-0.39, 0.29) is 0 Å². The van der Waals surface area contributed by atoms with Crippen molar-refractivity contribution in [3.63, 3.8) is 0 Å². The molecule has 1 heterocycles. The lowest BCUT2D eigenvalue weighted by Crippen LogP contribution is -2.32. The zero-order valence-electron chi connectivity index (χ0n) is 5.31. The number of hydrogen-bond donors (Lipinski definition) is 1. The van der Waals surface area contributed by atoms with Gasteiger partial charge in [-0.3, -0.25) is 0 Å². The molecule has 8 heavy (non-hydrogen) atoms. The second kappa shape index (κ2) is 3.36. The molecule has 0 radical (unpaired) electrons. The summed E-state index contributed by atoms with van der Waals surface area (Å²) < 4.78 is 0. The first-order chi connectivity index (χ1) is 3.93. The van der Waals surface area contributed by atoms with E-state index in [0.717, 1.165) is 5.25 Å². The van der Waals surface area contributed by atoms with Crippen LogP contribution in [0.2, 0.25) is 0 Å². The maximum Gasteiger partial charge on any atom is 0.0170 e. The van der Waals surface area contributed by atoms with Gasteiger partial charge >= 0.3 is 0 Å². The molecule has 48 valence electrons. The molecule has 1 rings (SSSR count). The molecule has 1 saturated heterocycles. The molecule has 2 heteroatoms. The van der Waals surface area contributed by atoms with Gasteiger partial charge in [-0.2, -0.15) is 11.8 Å². The van der Waals surface area contributed by atoms with Gasteiger partial charge in [0.2, 0.25) is 0 Å². The number of rotatable bonds is 1. The van der Waals surface area contributed by atoms with Crippen LogP contribution in [0, 0.1) is 0 Å². The lowest BCUT2D eigenvalue weighted by Gasteiger charge is -2.20. The molecule has 0 aromatic rings. The molecule has 0 aromatic carbocycles. The van der Waals surface area contributed by atoms with Crippen LogP contribution in [0.25, 0.3) is 0 Å². The highest BCUT2D eigenvalue weighted by Gasteiger charge is 2.09. The van der Waals surface area contributed by atoms with Crippen molar-refractivity contribution in [2.45, 2.75) is 18.6 Å². The predicted octanol–water partition coefficient (Wildman–Crippen LogP) is 1.10. The van der Waals surface area contributed by atoms with E-state index in [1.165, 1.54) is 25.3 Å². The van der Waals surface area contributed by atoms with Gasteiger partial charge in [-0.1, -0.05) is 6.92 Å². The first kappa shape index (κ1) is 6.43. The molecule has 1 fully saturated rings. The fourth-order valence-corrected chi connectivity index (χ4v) is 1.95. The molecule has 1 atom stereocenters. The smallest absolute Gasteiger partial charge is 0.0170 e. The van der Waals surface area contributed by atoms with Crippen LogP contribution in [-0.4, -0.2) is 24.1 Å². The van der Waals surface area contributed by atoms with Crippen molar-refractivity contribution in [2.75, 3.05) is 18.8 Å². The predicted molar refractivity (Wildman–Crippen MR) is 39.4 cm³/mol. The Morgan fingerprint density at radius 2 is 2.62 bits per heavy atom. The van der Waals surface area contributed by atoms with Crippen LogP contribution < -0.4 is 5.32 Å². The second-order valence-corrected chi connectivity index (χ2v) is 3.51. The van der Waals surface area contributed by atoms with E-state index >= 15 is 0 Å². The number of nitrogens with one attached hydrogen (secondary N) is 1. The van der Waals surface area contributed by atoms with E-state index in [2.05, 4.69) is 24.0 Å². The largest absolute Gasteiger partial charge is 0.315 e. The minimum absolute atomic E-state index is 0.892. The normalized spacial score (nSPS) is 30.4. The lowest BCUT2D eigenvalue weighted by molar-refractivity contribution is 0.658. The first-order valence-corrected chi connectivity index (χ1v) is 4.30. The Labute approximate surface area is 55.2 Å². The number of hydrogen-bond acceptors (Lipinski definition) is 2. The van der Waals surface area contributed by atoms with Crippen LogP contribution >= 0.6 is 11.8 Å². The minimum atomic E-state index is 0.892. The van der Waals surface area contributed by atoms with Gasteiger partial charge in [0.15, 0.2) is 0 Å². The third-order valence-corrected chi connectivity index (χ3v) is 2.87. The Kier molecular flexibility index (Phi) is 2.70. The van der Waals surface area contributed by atoms with Crippen molar-refractivity contribution < 1.29 is 0 Å². The Morgan fingerprint density at radius 1 is 1.75 bits per heavy atom. The molecule has 0 spiro atoms. The molecule has 1 nitrogen and oxygen atoms in total. The van der Waals surface area contributed by atoms with Gasteiger partial charge in [-0.15, -0.1) is 0 Å². The summed E-state index contributed by atoms with van der Waals surface area (Å²) in [5.41, 5.74) is 0. The van der Waals surface area contributed by atoms with Crippen LogP contribution in [-0.2, 0) is 0 Å². The van der Waals surface area contributed by atoms with Gasteiger partial charge < -0.3 is 5.32 Å². The highest BCUT2D eigenvalue weighted by molar-refractivity contribution is 8.00. The molecule has 0 amide bonds. The van der Waals surface area contributed by atoms with E-state index in [1.807, 2.05) is 0 Å². The van der Waals surface area contributed by atoms with Gasteiger partial charge in [0.1, 0.15) is 0 Å². The number of thioether (sulfide) groups is 1. The summed E-state index contributed by atoms with van der Waals surface area (Å²) in [5.74, 6) is 1.30. The van der Waals surface area contributed by atoms with Crippen LogP contribution in [0.1, 0.15) is 13.3 Å². The van der Waals surface area contributed by atoms with Gasteiger partial charge in [-0.05, 0) is 6.42 Å². The molecule has 0 aliphatic carbocycles. The van der Waals surface area contributed by atoms with E-state index in [1.54, 1.807) is 0 Å². The van der Waals surface area contributed by atoms with Crippen LogP contribution in [0.3, 0.4) is 0 Å². The summed E-state index contributed by atoms with van der Waals surface area (Å²) in [5, 5.41) is 4.26. The van der Waals surface area contributed by atoms with Crippen molar-refractivity contribution in [3.05, 3.63) is 0 Å². The fourth-order valence-electron chi connectivity index (χ4n) is 0.882. The maximum absolute atomic E-state index is 3.36. The summed E-state index contributed by atoms with van der Waals surface area (Å²) in [6, 6.07) is 0. The molecule has 0 aromatic heterocycles. The Morgan fingerprint density at radius 3 is 3.00 bits per heavy atom. The van der Waals surface area contributed by atoms with Crippen molar-refractivity contribution in [2.24, 2.45) is 0 Å². The first-order valence-electron chi connectivity index (χ1n) is 3.26. The summed E-state index contributed by atoms with van der Waals surface area (Å²) in [4.78, 5) is 0. The Bertz CT molecular complexity index is 59.5. The van der Waals surface area contributed by atoms with Crippen LogP contribution in [0.4, 0.5) is 0 Å². The lowest BCUT2D eigenvalue weighted by atomic mass is 10.3. The van der Waals surface area contributed by atoms with E-state index < -0.39 is 0 Å². The average Bonchev–Trinajstić information content (AvgIpc) is 1.90. The fraction of sp³-hybridized carbons (Fsp3) is 1.00. The summed E-state index contributed by atoms with van der Waals surface area (Å²) >= 11 is 2.10. The maximum atomic E-state index is 3.36. The van der Waals surface area contributed by atoms with Crippen LogP contribution in [0.5, 0.6) is 0 Å². The zero-order valence-corrected chi connectivity index (χ0v) is 6.13. The SMILES string of the molecule is CC[C@H]1CNCCS1. The van der Waals surface area contributed by atoms with E-state index in [9.17, 15) is 0 Å². The molecule has 0 bridgehead atoms. The molecular weight excluding hydrogens is 118 g/mol. The highest BCUT2D eigenvalue weighted by Crippen LogP contribution is 2.15. The third kappa shape index (κ3) is 1.67. The molecule has 1 N–H and O–H groups in total. The molecule has 1 aliphatic heterocycles. The standard InChI is InChI=1S/C6H13NS/c1-2-6-5-7-3-4-8-6/h6-7H,2-5H2,1H3/t6-/m0/s1. The minimum Gasteiger partial charge on any atom is -0.315 e. The van der Waals surface area contributed by atoms with Gasteiger partial charge in [0.25, 0.3) is 0 Å². The van der Waals surface area contributed by atoms with Gasteiger partial charge in [0.05, 0.1) is 0 Å². The van der Waals surface area contributed by atoms with Gasteiger partial charge in [0, 0.05) is 24.1 Å². The average molecular weight is 131 g/mol. The quantitative estimate of drug-likeness (QED) is 0.572. The summed E-state index contributed by atoms with van der Waals surface area (Å²) in [7, 11) is 0. The van der Waals surface area contributed by atoms with Crippen LogP contribution in [0.15, 0.2) is 0 Å². The van der Waals surface area contributed by atoms with Crippen molar-refractivity contribution in [1.29, 1.82) is 0 Å². The summed E-state index contributed by atoms with van der Waals surface area (Å²) in [6.45, 7) is 4.69. The highest BCUT2D eigenvalue weighted by atomic mass is 32.2. The molecular formula is C6H13NS. The van der Waals surface area contributed by atoms with E-state index in [0.29, 0.717) is 0 Å². The van der Waals surface area contributed by atoms with E-state index in [4.69, 9.17) is 0 Å². The topological polar surface area (TPSA) is 12.0 Å². The van der Waals surface area contributed by atoms with Crippen molar-refractivity contribution >= 4 is 11.8 Å². The summed E-state index contributed by atoms with van der Waals surface area (Å²) in [6.07, 6.45) is 1.32. The zero-order chi connectivity index (χ0) is 5.82. The second-order valence-electron chi connectivity index (χ2n) is 2.11. The van der Waals surface area contributed by atoms with Gasteiger partial charge in [-0.25, -0.2) is 0 Å².